The Bertz CT molecular complexity index is 491. The summed E-state index contributed by atoms with van der Waals surface area (Å²) < 4.78 is 0. The van der Waals surface area contributed by atoms with E-state index in [4.69, 9.17) is 23.1 Å². The van der Waals surface area contributed by atoms with Crippen molar-refractivity contribution >= 4 is 31.0 Å². The topological polar surface area (TPSA) is 76.4 Å². The number of amidine groups is 1. The van der Waals surface area contributed by atoms with E-state index in [1.165, 1.54) is 0 Å². The average Bonchev–Trinajstić information content (AvgIpc) is 2.40. The van der Waals surface area contributed by atoms with Gasteiger partial charge in [0, 0.05) is 25.7 Å². The second kappa shape index (κ2) is 7.09. The normalized spacial score (nSPS) is 13.1. The summed E-state index contributed by atoms with van der Waals surface area (Å²) in [6.45, 7) is 2.71. The van der Waals surface area contributed by atoms with Crippen LogP contribution in [-0.4, -0.2) is 27.3 Å². The van der Waals surface area contributed by atoms with Gasteiger partial charge in [-0.25, -0.2) is 0 Å². The Morgan fingerprint density at radius 1 is 1.42 bits per heavy atom. The summed E-state index contributed by atoms with van der Waals surface area (Å²) in [5, 5.41) is 4.01. The molecule has 0 heterocycles. The molecule has 0 spiro atoms. The fraction of sp³-hybridized carbons (Fsp3) is 0.308. The van der Waals surface area contributed by atoms with E-state index >= 15 is 0 Å². The molecule has 1 rings (SSSR count). The lowest BCUT2D eigenvalue weighted by atomic mass is 9.91. The van der Waals surface area contributed by atoms with Gasteiger partial charge in [0.15, 0.2) is 0 Å². The van der Waals surface area contributed by atoms with E-state index in [-0.39, 0.29) is 0 Å². The van der Waals surface area contributed by atoms with E-state index in [1.54, 1.807) is 7.05 Å². The lowest BCUT2D eigenvalue weighted by Gasteiger charge is -2.12. The van der Waals surface area contributed by atoms with Crippen molar-refractivity contribution in [3.05, 3.63) is 40.0 Å². The number of nitrogens with zero attached hydrogens (tertiary/aromatic N) is 1. The highest BCUT2D eigenvalue weighted by molar-refractivity contribution is 6.37. The molecule has 5 N–H and O–H groups in total. The van der Waals surface area contributed by atoms with Gasteiger partial charge in [-0.15, -0.1) is 0 Å². The Morgan fingerprint density at radius 3 is 2.68 bits per heavy atom. The van der Waals surface area contributed by atoms with Crippen LogP contribution in [0.2, 0.25) is 5.02 Å². The molecule has 0 fully saturated rings. The van der Waals surface area contributed by atoms with Crippen molar-refractivity contribution in [2.24, 2.45) is 16.5 Å². The van der Waals surface area contributed by atoms with Crippen molar-refractivity contribution in [2.45, 2.75) is 13.3 Å². The molecule has 0 aliphatic carbocycles. The summed E-state index contributed by atoms with van der Waals surface area (Å²) in [4.78, 5) is 3.92. The van der Waals surface area contributed by atoms with Gasteiger partial charge < -0.3 is 16.8 Å². The van der Waals surface area contributed by atoms with Gasteiger partial charge >= 0.3 is 0 Å². The molecule has 6 heteroatoms. The van der Waals surface area contributed by atoms with Crippen LogP contribution in [0.5, 0.6) is 0 Å². The van der Waals surface area contributed by atoms with Crippen LogP contribution in [0, 0.1) is 6.92 Å². The van der Waals surface area contributed by atoms with Gasteiger partial charge in [0.1, 0.15) is 13.7 Å². The largest absolute Gasteiger partial charge is 0.402 e. The van der Waals surface area contributed by atoms with Gasteiger partial charge in [0.2, 0.25) is 0 Å². The number of aryl methyl sites for hydroxylation is 1. The fourth-order valence-electron chi connectivity index (χ4n) is 1.70. The number of para-hydroxylation sites is 1. The molecule has 0 atom stereocenters. The van der Waals surface area contributed by atoms with E-state index < -0.39 is 0 Å². The van der Waals surface area contributed by atoms with Gasteiger partial charge in [0.05, 0.1) is 10.7 Å². The second-order valence-corrected chi connectivity index (χ2v) is 4.77. The van der Waals surface area contributed by atoms with E-state index in [0.29, 0.717) is 23.8 Å². The van der Waals surface area contributed by atoms with Crippen LogP contribution in [0.3, 0.4) is 0 Å². The monoisotopic (exact) mass is 278 g/mol. The molecular formula is C13H20BClN4. The van der Waals surface area contributed by atoms with Crippen LogP contribution in [0.4, 0.5) is 5.69 Å². The number of rotatable bonds is 5. The highest BCUT2D eigenvalue weighted by atomic mass is 35.5. The van der Waals surface area contributed by atoms with E-state index in [9.17, 15) is 0 Å². The number of hydrogen-bond donors (Lipinski definition) is 3. The first-order valence-electron chi connectivity index (χ1n) is 6.14. The van der Waals surface area contributed by atoms with Crippen LogP contribution in [0.15, 0.2) is 34.4 Å². The van der Waals surface area contributed by atoms with Crippen molar-refractivity contribution in [2.75, 3.05) is 18.9 Å². The van der Waals surface area contributed by atoms with Crippen LogP contribution < -0.4 is 16.8 Å². The molecule has 4 nitrogen and oxygen atoms in total. The quantitative estimate of drug-likeness (QED) is 0.431. The highest BCUT2D eigenvalue weighted by Gasteiger charge is 2.05. The molecule has 0 saturated heterocycles. The predicted molar refractivity (Wildman–Crippen MR) is 86.6 cm³/mol. The van der Waals surface area contributed by atoms with Crippen molar-refractivity contribution in [1.82, 2.24) is 0 Å². The molecule has 0 aliphatic rings. The van der Waals surface area contributed by atoms with Crippen LogP contribution in [-0.2, 0) is 0 Å². The van der Waals surface area contributed by atoms with Crippen LogP contribution in [0.25, 0.3) is 0 Å². The summed E-state index contributed by atoms with van der Waals surface area (Å²) in [7, 11) is 3.52. The van der Waals surface area contributed by atoms with Crippen molar-refractivity contribution in [3.63, 3.8) is 0 Å². The molecule has 0 aliphatic heterocycles. The number of nitrogens with two attached hydrogens (primary N) is 2. The number of nitrogens with one attached hydrogen (secondary N) is 1. The maximum atomic E-state index is 6.14. The molecule has 0 radical (unpaired) electrons. The number of halogens is 1. The molecule has 0 unspecified atom stereocenters. The maximum absolute atomic E-state index is 6.14. The van der Waals surface area contributed by atoms with Crippen molar-refractivity contribution in [3.8, 4) is 0 Å². The van der Waals surface area contributed by atoms with Gasteiger partial charge in [-0.3, -0.25) is 4.99 Å². The minimum atomic E-state index is 0.478. The summed E-state index contributed by atoms with van der Waals surface area (Å²) in [6, 6.07) is 5.81. The zero-order valence-electron chi connectivity index (χ0n) is 11.6. The third-order valence-corrected chi connectivity index (χ3v) is 3.34. The predicted octanol–water partition coefficient (Wildman–Crippen LogP) is 1.24. The van der Waals surface area contributed by atoms with E-state index in [1.807, 2.05) is 33.0 Å². The zero-order valence-corrected chi connectivity index (χ0v) is 12.4. The molecule has 0 aromatic heterocycles. The Morgan fingerprint density at radius 2 is 2.11 bits per heavy atom. The Hall–Kier alpha value is -1.62. The van der Waals surface area contributed by atoms with E-state index in [2.05, 4.69) is 10.3 Å². The Balaban J connectivity index is 2.65. The lowest BCUT2D eigenvalue weighted by Crippen LogP contribution is -2.21. The fourth-order valence-corrected chi connectivity index (χ4v) is 1.99. The molecule has 1 aromatic rings. The second-order valence-electron chi connectivity index (χ2n) is 4.37. The van der Waals surface area contributed by atoms with Gasteiger partial charge in [-0.1, -0.05) is 23.7 Å². The highest BCUT2D eigenvalue weighted by Crippen LogP contribution is 2.25. The van der Waals surface area contributed by atoms with E-state index in [0.717, 1.165) is 22.4 Å². The summed E-state index contributed by atoms with van der Waals surface area (Å²) >= 11 is 6.14. The molecule has 1 aromatic carbocycles. The van der Waals surface area contributed by atoms with Crippen LogP contribution >= 0.6 is 11.6 Å². The minimum absolute atomic E-state index is 0.478. The molecule has 0 bridgehead atoms. The molecule has 102 valence electrons. The summed E-state index contributed by atoms with van der Waals surface area (Å²) in [6.07, 6.45) is 0.687. The van der Waals surface area contributed by atoms with Gasteiger partial charge in [-0.2, -0.15) is 0 Å². The van der Waals surface area contributed by atoms with Gasteiger partial charge in [-0.05, 0) is 24.0 Å². The standard InChI is InChI=1S/C13H20BClN4/c1-8-4-3-5-9(15)12(8)19-7-6-10(16)11(14)13(17)18-2/h3-5,19H,6-7,14,16H2,1-2H3,(H2,17,18)/b11-10+. The molecule has 0 saturated carbocycles. The summed E-state index contributed by atoms with van der Waals surface area (Å²) in [5.74, 6) is 0.478. The van der Waals surface area contributed by atoms with Crippen molar-refractivity contribution in [1.29, 1.82) is 0 Å². The van der Waals surface area contributed by atoms with Crippen molar-refractivity contribution < 1.29 is 0 Å². The first-order valence-corrected chi connectivity index (χ1v) is 6.52. The molecular weight excluding hydrogens is 258 g/mol. The number of benzene rings is 1. The number of hydrogen-bond acceptors (Lipinski definition) is 3. The summed E-state index contributed by atoms with van der Waals surface area (Å²) in [5.41, 5.74) is 15.3. The molecule has 0 amide bonds. The maximum Gasteiger partial charge on any atom is 0.146 e. The number of anilines is 1. The molecule has 19 heavy (non-hydrogen) atoms. The average molecular weight is 279 g/mol. The first-order chi connectivity index (χ1) is 8.97. The smallest absolute Gasteiger partial charge is 0.146 e. The lowest BCUT2D eigenvalue weighted by molar-refractivity contribution is 0.974. The SMILES string of the molecule is BC(=C(/N)CCNc1c(C)cccc1Cl)/C(N)=N\C. The third-order valence-electron chi connectivity index (χ3n) is 3.02. The number of aliphatic imine (C=N–C) groups is 1. The zero-order chi connectivity index (χ0) is 14.4. The third kappa shape index (κ3) is 4.21. The van der Waals surface area contributed by atoms with Crippen LogP contribution in [0.1, 0.15) is 12.0 Å². The minimum Gasteiger partial charge on any atom is -0.402 e. The first kappa shape index (κ1) is 15.4. The van der Waals surface area contributed by atoms with Gasteiger partial charge in [0.25, 0.3) is 0 Å². The Kier molecular flexibility index (Phi) is 5.76. The Labute approximate surface area is 120 Å².